The largest absolute Gasteiger partial charge is 0.537 e. The van der Waals surface area contributed by atoms with Crippen molar-refractivity contribution < 1.29 is 35.5 Å². The van der Waals surface area contributed by atoms with Gasteiger partial charge in [0, 0.05) is 6.42 Å². The number of esters is 1. The maximum Gasteiger partial charge on any atom is 0.497 e. The smallest absolute Gasteiger partial charge is 0.497 e. The van der Waals surface area contributed by atoms with Crippen LogP contribution in [0.15, 0.2) is 72.0 Å². The molecule has 0 heterocycles. The summed E-state index contributed by atoms with van der Waals surface area (Å²) < 4.78 is 77.0. The third-order valence-corrected chi connectivity index (χ3v) is 13.3. The first-order valence-electron chi connectivity index (χ1n) is 11.7. The zero-order valence-corrected chi connectivity index (χ0v) is 22.6. The average molecular weight is 541 g/mol. The predicted octanol–water partition coefficient (Wildman–Crippen LogP) is 4.87. The molecule has 0 aromatic heterocycles. The monoisotopic (exact) mass is 540 g/mol. The number of hydrogen-bond acceptors (Lipinski definition) is 5. The number of halogens is 3. The van der Waals surface area contributed by atoms with Gasteiger partial charge in [-0.3, -0.25) is 0 Å². The van der Waals surface area contributed by atoms with Crippen LogP contribution in [0.1, 0.15) is 47.0 Å². The predicted molar refractivity (Wildman–Crippen MR) is 135 cm³/mol. The van der Waals surface area contributed by atoms with Crippen molar-refractivity contribution in [2.75, 3.05) is 6.61 Å². The van der Waals surface area contributed by atoms with Gasteiger partial charge in [-0.05, 0) is 35.2 Å². The molecule has 2 aromatic carbocycles. The average Bonchev–Trinajstić information content (AvgIpc) is 2.82. The summed E-state index contributed by atoms with van der Waals surface area (Å²) in [6.45, 7) is 7.64. The van der Waals surface area contributed by atoms with E-state index >= 15 is 0 Å². The van der Waals surface area contributed by atoms with E-state index in [9.17, 15) is 26.4 Å². The van der Waals surface area contributed by atoms with E-state index in [4.69, 9.17) is 9.16 Å². The van der Waals surface area contributed by atoms with Gasteiger partial charge in [-0.1, -0.05) is 81.4 Å². The Morgan fingerprint density at radius 3 is 1.89 bits per heavy atom. The highest BCUT2D eigenvalue weighted by atomic mass is 32.2. The second-order valence-corrected chi connectivity index (χ2v) is 16.2. The summed E-state index contributed by atoms with van der Waals surface area (Å²) in [7, 11) is -8.79. The molecule has 0 fully saturated rings. The van der Waals surface area contributed by atoms with E-state index in [1.165, 1.54) is 0 Å². The second-order valence-electron chi connectivity index (χ2n) is 9.74. The molecule has 0 aliphatic heterocycles. The molecule has 0 saturated heterocycles. The topological polar surface area (TPSA) is 69.7 Å². The van der Waals surface area contributed by atoms with Crippen LogP contribution in [0.4, 0.5) is 13.2 Å². The van der Waals surface area contributed by atoms with E-state index < -0.39 is 46.3 Å². The van der Waals surface area contributed by atoms with Crippen LogP contribution in [-0.4, -0.2) is 40.1 Å². The number of hydrogen-bond donors (Lipinski definition) is 0. The van der Waals surface area contributed by atoms with E-state index in [2.05, 4.69) is 0 Å². The number of ether oxygens (including phenoxy) is 1. The Morgan fingerprint density at radius 2 is 1.47 bits per heavy atom. The summed E-state index contributed by atoms with van der Waals surface area (Å²) in [6, 6.07) is 18.7. The maximum absolute atomic E-state index is 13.5. The number of sulfone groups is 1. The van der Waals surface area contributed by atoms with Crippen LogP contribution in [0.3, 0.4) is 0 Å². The van der Waals surface area contributed by atoms with E-state index in [-0.39, 0.29) is 30.8 Å². The molecule has 0 radical (unpaired) electrons. The fraction of sp³-hybridized carbons (Fsp3) is 0.423. The minimum atomic E-state index is -5.46. The molecule has 5 nitrogen and oxygen atoms in total. The Labute approximate surface area is 211 Å². The molecule has 0 amide bonds. The lowest BCUT2D eigenvalue weighted by molar-refractivity contribution is -0.139. The minimum absolute atomic E-state index is 0.0353. The van der Waals surface area contributed by atoms with Gasteiger partial charge in [-0.2, -0.15) is 13.2 Å². The summed E-state index contributed by atoms with van der Waals surface area (Å²) in [5, 5.41) is -0.595. The van der Waals surface area contributed by atoms with E-state index in [1.54, 1.807) is 6.92 Å². The van der Waals surface area contributed by atoms with Gasteiger partial charge in [0.2, 0.25) is 0 Å². The molecule has 10 heteroatoms. The fourth-order valence-electron chi connectivity index (χ4n) is 4.70. The van der Waals surface area contributed by atoms with Crippen molar-refractivity contribution in [3.63, 3.8) is 0 Å². The molecule has 196 valence electrons. The first-order valence-corrected chi connectivity index (χ1v) is 15.2. The lowest BCUT2D eigenvalue weighted by atomic mass is 9.97. The summed E-state index contributed by atoms with van der Waals surface area (Å²) in [4.78, 5) is 12.9. The van der Waals surface area contributed by atoms with Crippen molar-refractivity contribution >= 4 is 34.5 Å². The van der Waals surface area contributed by atoms with Crippen LogP contribution in [0.25, 0.3) is 0 Å². The molecule has 1 aliphatic carbocycles. The molecule has 1 atom stereocenters. The minimum Gasteiger partial charge on any atom is -0.537 e. The van der Waals surface area contributed by atoms with Gasteiger partial charge < -0.3 is 9.16 Å². The number of benzene rings is 2. The highest BCUT2D eigenvalue weighted by Gasteiger charge is 2.55. The summed E-state index contributed by atoms with van der Waals surface area (Å²) in [6.07, 6.45) is -1.09. The molecule has 0 bridgehead atoms. The van der Waals surface area contributed by atoms with E-state index in [1.807, 2.05) is 81.4 Å². The van der Waals surface area contributed by atoms with Crippen LogP contribution in [0.5, 0.6) is 0 Å². The number of rotatable bonds is 7. The molecule has 1 aliphatic rings. The molecule has 36 heavy (non-hydrogen) atoms. The summed E-state index contributed by atoms with van der Waals surface area (Å²) >= 11 is 0. The lowest BCUT2D eigenvalue weighted by Gasteiger charge is -2.44. The van der Waals surface area contributed by atoms with Gasteiger partial charge in [0.05, 0.1) is 23.2 Å². The van der Waals surface area contributed by atoms with Crippen LogP contribution < -0.4 is 10.4 Å². The first-order chi connectivity index (χ1) is 16.8. The molecule has 0 spiro atoms. The van der Waals surface area contributed by atoms with Crippen LogP contribution in [0.2, 0.25) is 5.04 Å². The highest BCUT2D eigenvalue weighted by molar-refractivity contribution is 7.92. The number of allylic oxidation sites excluding steroid dienone is 1. The quantitative estimate of drug-likeness (QED) is 0.370. The number of alkyl halides is 3. The van der Waals surface area contributed by atoms with Crippen molar-refractivity contribution in [1.29, 1.82) is 0 Å². The van der Waals surface area contributed by atoms with Gasteiger partial charge >= 0.3 is 19.8 Å². The highest BCUT2D eigenvalue weighted by Crippen LogP contribution is 2.43. The summed E-state index contributed by atoms with van der Waals surface area (Å²) in [5.74, 6) is -0.736. The second kappa shape index (κ2) is 10.4. The van der Waals surface area contributed by atoms with Gasteiger partial charge in [0.25, 0.3) is 9.84 Å². The van der Waals surface area contributed by atoms with Crippen LogP contribution in [-0.2, 0) is 23.8 Å². The molecule has 0 saturated carbocycles. The van der Waals surface area contributed by atoms with Gasteiger partial charge in [-0.15, -0.1) is 0 Å². The number of carbonyl (C=O) groups excluding carboxylic acids is 1. The van der Waals surface area contributed by atoms with Gasteiger partial charge in [-0.25, -0.2) is 13.2 Å². The molecular weight excluding hydrogens is 509 g/mol. The maximum atomic E-state index is 13.5. The van der Waals surface area contributed by atoms with Crippen molar-refractivity contribution in [2.24, 2.45) is 0 Å². The Bertz CT molecular complexity index is 1160. The molecule has 3 rings (SSSR count). The van der Waals surface area contributed by atoms with E-state index in [0.717, 1.165) is 10.4 Å². The SMILES string of the molecule is CCOC(=O)C1=C(O[Si](c2ccccc2)(c2ccccc2)C(C)(C)C)CC(S(=O)(=O)C(F)(F)F)CC1. The van der Waals surface area contributed by atoms with Crippen molar-refractivity contribution in [3.8, 4) is 0 Å². The fourth-order valence-corrected chi connectivity index (χ4v) is 10.4. The third kappa shape index (κ3) is 5.24. The zero-order valence-electron chi connectivity index (χ0n) is 20.8. The lowest BCUT2D eigenvalue weighted by Crippen LogP contribution is -2.66. The Hall–Kier alpha value is -2.59. The van der Waals surface area contributed by atoms with Crippen molar-refractivity contribution in [3.05, 3.63) is 72.0 Å². The van der Waals surface area contributed by atoms with Crippen LogP contribution >= 0.6 is 0 Å². The Morgan fingerprint density at radius 1 is 0.972 bits per heavy atom. The van der Waals surface area contributed by atoms with Crippen molar-refractivity contribution in [2.45, 2.75) is 62.8 Å². The zero-order chi connectivity index (χ0) is 26.8. The molecule has 0 N–H and O–H groups in total. The normalized spacial score (nSPS) is 17.6. The molecular formula is C26H31F3O5SSi. The van der Waals surface area contributed by atoms with Gasteiger partial charge in [0.15, 0.2) is 0 Å². The molecule has 1 unspecified atom stereocenters. The van der Waals surface area contributed by atoms with Crippen LogP contribution in [0, 0.1) is 0 Å². The van der Waals surface area contributed by atoms with E-state index in [0.29, 0.717) is 0 Å². The third-order valence-electron chi connectivity index (χ3n) is 6.44. The van der Waals surface area contributed by atoms with Gasteiger partial charge in [0.1, 0.15) is 0 Å². The number of carbonyl (C=O) groups is 1. The van der Waals surface area contributed by atoms with Crippen molar-refractivity contribution in [1.82, 2.24) is 0 Å². The first kappa shape index (κ1) is 28.0. The summed E-state index contributed by atoms with van der Waals surface area (Å²) in [5.41, 5.74) is -5.31. The Kier molecular flexibility index (Phi) is 8.09. The standard InChI is InChI=1S/C26H31F3O5SSi/c1-5-33-24(30)22-17-16-19(35(31,32)26(27,28)29)18-23(22)34-36(25(2,3)4,20-12-8-6-9-13-20)21-14-10-7-11-15-21/h6-15,19H,5,16-18H2,1-4H3. The Balaban J connectivity index is 2.26. The molecule has 2 aromatic rings.